The van der Waals surface area contributed by atoms with Crippen molar-refractivity contribution in [2.24, 2.45) is 0 Å². The van der Waals surface area contributed by atoms with Gasteiger partial charge in [0.15, 0.2) is 0 Å². The van der Waals surface area contributed by atoms with Crippen LogP contribution in [-0.4, -0.2) is 33.7 Å². The Morgan fingerprint density at radius 1 is 1.10 bits per heavy atom. The van der Waals surface area contributed by atoms with Crippen LogP contribution in [0, 0.1) is 19.7 Å². The van der Waals surface area contributed by atoms with E-state index in [1.807, 2.05) is 43.0 Å². The lowest BCUT2D eigenvalue weighted by Crippen LogP contribution is -2.27. The number of rotatable bonds is 6. The van der Waals surface area contributed by atoms with E-state index >= 15 is 0 Å². The summed E-state index contributed by atoms with van der Waals surface area (Å²) in [4.78, 5) is 14.5. The maximum absolute atomic E-state index is 13.4. The van der Waals surface area contributed by atoms with Crippen molar-refractivity contribution in [2.45, 2.75) is 39.5 Å². The molecule has 0 spiro atoms. The van der Waals surface area contributed by atoms with E-state index in [1.165, 1.54) is 12.1 Å². The molecule has 1 aromatic heterocycles. The molecule has 1 amide bonds. The van der Waals surface area contributed by atoms with Crippen LogP contribution in [0.15, 0.2) is 48.5 Å². The van der Waals surface area contributed by atoms with E-state index < -0.39 is 0 Å². The highest BCUT2D eigenvalue weighted by Crippen LogP contribution is 2.32. The number of benzene rings is 2. The van der Waals surface area contributed by atoms with Crippen molar-refractivity contribution < 1.29 is 13.9 Å². The first kappa shape index (κ1) is 20.1. The summed E-state index contributed by atoms with van der Waals surface area (Å²) in [6.07, 6.45) is 3.12. The summed E-state index contributed by atoms with van der Waals surface area (Å²) < 4.78 is 21.4. The number of ether oxygens (including phenoxy) is 1. The van der Waals surface area contributed by atoms with E-state index in [1.54, 1.807) is 16.8 Å². The molecule has 0 atom stereocenters. The smallest absolute Gasteiger partial charge is 0.226 e. The van der Waals surface area contributed by atoms with Gasteiger partial charge >= 0.3 is 0 Å². The predicted molar refractivity (Wildman–Crippen MR) is 114 cm³/mol. The van der Waals surface area contributed by atoms with Crippen LogP contribution >= 0.6 is 0 Å². The number of aryl methyl sites for hydroxylation is 2. The minimum atomic E-state index is -0.305. The fraction of sp³-hybridized carbons (Fsp3) is 0.333. The van der Waals surface area contributed by atoms with Gasteiger partial charge in [0.2, 0.25) is 11.8 Å². The Bertz CT molecular complexity index is 1040. The summed E-state index contributed by atoms with van der Waals surface area (Å²) in [5.74, 6) is 1.13. The number of amides is 1. The lowest BCUT2D eigenvalue weighted by atomic mass is 10.1. The van der Waals surface area contributed by atoms with Crippen LogP contribution in [-0.2, 0) is 11.2 Å². The zero-order chi connectivity index (χ0) is 21.1. The quantitative estimate of drug-likeness (QED) is 0.579. The molecular formula is C24H26FN3O2. The summed E-state index contributed by atoms with van der Waals surface area (Å²) in [6, 6.07) is 13.9. The van der Waals surface area contributed by atoms with Crippen molar-refractivity contribution in [3.8, 4) is 17.3 Å². The average molecular weight is 407 g/mol. The molecule has 0 radical (unpaired) electrons. The van der Waals surface area contributed by atoms with Gasteiger partial charge in [-0.25, -0.2) is 9.07 Å². The topological polar surface area (TPSA) is 47.4 Å². The zero-order valence-corrected chi connectivity index (χ0v) is 17.4. The second kappa shape index (κ2) is 8.69. The molecule has 0 aliphatic carbocycles. The molecular weight excluding hydrogens is 381 g/mol. The number of carbonyl (C=O) groups is 1. The second-order valence-electron chi connectivity index (χ2n) is 7.76. The average Bonchev–Trinajstić information content (AvgIpc) is 3.36. The van der Waals surface area contributed by atoms with E-state index in [4.69, 9.17) is 4.74 Å². The minimum Gasteiger partial charge on any atom is -0.439 e. The Kier molecular flexibility index (Phi) is 5.84. The number of carbonyl (C=O) groups excluding carboxylic acids is 1. The third-order valence-corrected chi connectivity index (χ3v) is 5.46. The molecule has 3 aromatic rings. The van der Waals surface area contributed by atoms with Gasteiger partial charge in [0.25, 0.3) is 0 Å². The molecule has 30 heavy (non-hydrogen) atoms. The van der Waals surface area contributed by atoms with Gasteiger partial charge in [0.1, 0.15) is 11.6 Å². The van der Waals surface area contributed by atoms with Crippen molar-refractivity contribution in [1.29, 1.82) is 0 Å². The van der Waals surface area contributed by atoms with Crippen LogP contribution in [0.1, 0.15) is 36.1 Å². The van der Waals surface area contributed by atoms with Crippen LogP contribution in [0.25, 0.3) is 5.69 Å². The zero-order valence-electron chi connectivity index (χ0n) is 17.4. The summed E-state index contributed by atoms with van der Waals surface area (Å²) in [5, 5.41) is 4.65. The van der Waals surface area contributed by atoms with Gasteiger partial charge in [-0.2, -0.15) is 5.10 Å². The van der Waals surface area contributed by atoms with E-state index in [0.29, 0.717) is 30.2 Å². The van der Waals surface area contributed by atoms with E-state index in [2.05, 4.69) is 5.10 Å². The Balaban J connectivity index is 1.67. The summed E-state index contributed by atoms with van der Waals surface area (Å²) in [7, 11) is 0. The second-order valence-corrected chi connectivity index (χ2v) is 7.76. The molecule has 1 aliphatic rings. The monoisotopic (exact) mass is 407 g/mol. The van der Waals surface area contributed by atoms with Gasteiger partial charge in [-0.15, -0.1) is 0 Å². The lowest BCUT2D eigenvalue weighted by molar-refractivity contribution is -0.130. The van der Waals surface area contributed by atoms with Gasteiger partial charge in [0, 0.05) is 25.1 Å². The Morgan fingerprint density at radius 2 is 1.83 bits per heavy atom. The number of nitrogens with zero attached hydrogens (tertiary/aromatic N) is 3. The van der Waals surface area contributed by atoms with E-state index in [0.717, 1.165) is 42.8 Å². The maximum atomic E-state index is 13.4. The first-order chi connectivity index (χ1) is 14.5. The molecule has 0 bridgehead atoms. The van der Waals surface area contributed by atoms with Crippen LogP contribution < -0.4 is 4.74 Å². The number of hydrogen-bond donors (Lipinski definition) is 0. The van der Waals surface area contributed by atoms with Crippen molar-refractivity contribution >= 4 is 5.91 Å². The molecule has 156 valence electrons. The highest BCUT2D eigenvalue weighted by molar-refractivity contribution is 5.76. The van der Waals surface area contributed by atoms with E-state index in [9.17, 15) is 9.18 Å². The lowest BCUT2D eigenvalue weighted by Gasteiger charge is -2.15. The van der Waals surface area contributed by atoms with Crippen molar-refractivity contribution in [3.05, 3.63) is 71.2 Å². The van der Waals surface area contributed by atoms with Crippen molar-refractivity contribution in [2.75, 3.05) is 13.1 Å². The molecule has 5 nitrogen and oxygen atoms in total. The van der Waals surface area contributed by atoms with Crippen LogP contribution in [0.5, 0.6) is 11.6 Å². The molecule has 1 fully saturated rings. The molecule has 0 saturated carbocycles. The first-order valence-corrected chi connectivity index (χ1v) is 10.4. The molecule has 0 unspecified atom stereocenters. The van der Waals surface area contributed by atoms with Gasteiger partial charge < -0.3 is 9.64 Å². The highest BCUT2D eigenvalue weighted by atomic mass is 19.1. The van der Waals surface area contributed by atoms with Crippen molar-refractivity contribution in [3.63, 3.8) is 0 Å². The normalized spacial score (nSPS) is 13.6. The van der Waals surface area contributed by atoms with Gasteiger partial charge in [-0.3, -0.25) is 4.79 Å². The SMILES string of the molecule is Cc1cccc(Oc2c(CCC(=O)N3CCCC3)c(C)nn2-c2ccc(F)cc2)c1. The summed E-state index contributed by atoms with van der Waals surface area (Å²) in [6.45, 7) is 5.61. The summed E-state index contributed by atoms with van der Waals surface area (Å²) >= 11 is 0. The van der Waals surface area contributed by atoms with Crippen LogP contribution in [0.2, 0.25) is 0 Å². The Hall–Kier alpha value is -3.15. The molecule has 2 aromatic carbocycles. The Labute approximate surface area is 176 Å². The first-order valence-electron chi connectivity index (χ1n) is 10.4. The van der Waals surface area contributed by atoms with Gasteiger partial charge in [-0.05, 0) is 75.1 Å². The third-order valence-electron chi connectivity index (χ3n) is 5.46. The minimum absolute atomic E-state index is 0.169. The van der Waals surface area contributed by atoms with Gasteiger partial charge in [0.05, 0.1) is 11.4 Å². The third kappa shape index (κ3) is 4.37. The highest BCUT2D eigenvalue weighted by Gasteiger charge is 2.22. The molecule has 1 aliphatic heterocycles. The standard InChI is InChI=1S/C24H26FN3O2/c1-17-6-5-7-21(16-17)30-24-22(12-13-23(29)27-14-3-4-15-27)18(2)26-28(24)20-10-8-19(25)9-11-20/h5-11,16H,3-4,12-15H2,1-2H3. The molecule has 2 heterocycles. The fourth-order valence-corrected chi connectivity index (χ4v) is 3.84. The number of likely N-dealkylation sites (tertiary alicyclic amines) is 1. The Morgan fingerprint density at radius 3 is 2.53 bits per heavy atom. The number of hydrogen-bond acceptors (Lipinski definition) is 3. The molecule has 0 N–H and O–H groups in total. The molecule has 1 saturated heterocycles. The summed E-state index contributed by atoms with van der Waals surface area (Å²) in [5.41, 5.74) is 3.49. The number of halogens is 1. The molecule has 4 rings (SSSR count). The number of aromatic nitrogens is 2. The van der Waals surface area contributed by atoms with Gasteiger partial charge in [-0.1, -0.05) is 12.1 Å². The van der Waals surface area contributed by atoms with Crippen LogP contribution in [0.4, 0.5) is 4.39 Å². The fourth-order valence-electron chi connectivity index (χ4n) is 3.84. The van der Waals surface area contributed by atoms with Crippen molar-refractivity contribution in [1.82, 2.24) is 14.7 Å². The molecule has 6 heteroatoms. The predicted octanol–water partition coefficient (Wildman–Crippen LogP) is 4.98. The van der Waals surface area contributed by atoms with Crippen LogP contribution in [0.3, 0.4) is 0 Å². The van der Waals surface area contributed by atoms with E-state index in [-0.39, 0.29) is 11.7 Å². The maximum Gasteiger partial charge on any atom is 0.226 e. The largest absolute Gasteiger partial charge is 0.439 e.